The number of hydrogen-bond acceptors (Lipinski definition) is 4. The largest absolute Gasteiger partial charge is 0.464 e. The Balaban J connectivity index is 1.53. The van der Waals surface area contributed by atoms with Gasteiger partial charge in [-0.25, -0.2) is 8.78 Å². The molecule has 0 aliphatic rings. The number of unbranched alkanes of at least 4 members (excludes halogenated alkanes) is 2. The molecule has 0 saturated heterocycles. The third-order valence-electron chi connectivity index (χ3n) is 5.49. The van der Waals surface area contributed by atoms with E-state index in [-0.39, 0.29) is 24.3 Å². The molecular weight excluding hydrogens is 461 g/mol. The van der Waals surface area contributed by atoms with Crippen LogP contribution in [-0.2, 0) is 17.5 Å². The predicted molar refractivity (Wildman–Crippen MR) is 130 cm³/mol. The average Bonchev–Trinajstić information content (AvgIpc) is 3.32. The quantitative estimate of drug-likeness (QED) is 0.170. The molecule has 0 aliphatic carbocycles. The maximum absolute atomic E-state index is 14.8. The third-order valence-corrected chi connectivity index (χ3v) is 6.39. The van der Waals surface area contributed by atoms with Crippen LogP contribution in [0.4, 0.5) is 14.5 Å². The lowest BCUT2D eigenvalue weighted by Crippen LogP contribution is -2.17. The van der Waals surface area contributed by atoms with Gasteiger partial charge >= 0.3 is 7.60 Å². The Morgan fingerprint density at radius 3 is 2.44 bits per heavy atom. The Morgan fingerprint density at radius 2 is 1.71 bits per heavy atom. The van der Waals surface area contributed by atoms with E-state index in [4.69, 9.17) is 14.2 Å². The summed E-state index contributed by atoms with van der Waals surface area (Å²) < 4.78 is 44.9. The molecule has 0 saturated carbocycles. The number of furan rings is 1. The third kappa shape index (κ3) is 8.37. The van der Waals surface area contributed by atoms with Crippen LogP contribution in [0.5, 0.6) is 0 Å². The first-order valence-corrected chi connectivity index (χ1v) is 13.2. The second kappa shape index (κ2) is 12.8. The van der Waals surface area contributed by atoms with E-state index in [1.54, 1.807) is 30.5 Å². The van der Waals surface area contributed by atoms with Crippen LogP contribution in [0.3, 0.4) is 0 Å². The molecule has 9 heteroatoms. The lowest BCUT2D eigenvalue weighted by molar-refractivity contribution is 0.371. The Labute approximate surface area is 198 Å². The van der Waals surface area contributed by atoms with E-state index in [0.717, 1.165) is 30.4 Å². The highest BCUT2D eigenvalue weighted by Gasteiger charge is 2.14. The van der Waals surface area contributed by atoms with Crippen LogP contribution in [0.15, 0.2) is 59.2 Å². The molecule has 1 heterocycles. The molecule has 3 aromatic rings. The molecule has 3 rings (SSSR count). The standard InChI is InChI=1S/C25H31F2N2O4P/c26-22-10-4-3-9-19(22)8-2-1-5-13-29-24-17-23(27)20(16-21(24)25-11-6-14-33-25)18-28-12-7-15-34(30,31)32/h3-4,6,9-11,14,16-17,28-29H,1-2,5,7-8,12-13,15,18H2,(H2,30,31,32). The van der Waals surface area contributed by atoms with Crippen LogP contribution >= 0.6 is 7.60 Å². The molecule has 6 nitrogen and oxygen atoms in total. The minimum atomic E-state index is -4.02. The zero-order valence-electron chi connectivity index (χ0n) is 19.0. The van der Waals surface area contributed by atoms with Crippen molar-refractivity contribution in [3.05, 3.63) is 77.6 Å². The molecule has 0 radical (unpaired) electrons. The first kappa shape index (κ1) is 26.1. The molecule has 0 amide bonds. The molecule has 4 N–H and O–H groups in total. The first-order valence-electron chi connectivity index (χ1n) is 11.4. The van der Waals surface area contributed by atoms with Gasteiger partial charge in [-0.3, -0.25) is 4.57 Å². The highest BCUT2D eigenvalue weighted by Crippen LogP contribution is 2.34. The number of halogens is 2. The van der Waals surface area contributed by atoms with Crippen LogP contribution in [0.1, 0.15) is 36.8 Å². The van der Waals surface area contributed by atoms with Crippen LogP contribution in [0, 0.1) is 11.6 Å². The van der Waals surface area contributed by atoms with Crippen LogP contribution in [0.25, 0.3) is 11.3 Å². The number of hydrogen-bond donors (Lipinski definition) is 4. The van der Waals surface area contributed by atoms with Gasteiger partial charge < -0.3 is 24.8 Å². The van der Waals surface area contributed by atoms with Gasteiger partial charge in [0.05, 0.1) is 12.4 Å². The van der Waals surface area contributed by atoms with Crippen molar-refractivity contribution in [1.29, 1.82) is 0 Å². The fraction of sp³-hybridized carbons (Fsp3) is 0.360. The van der Waals surface area contributed by atoms with Crippen molar-refractivity contribution >= 4 is 13.3 Å². The molecule has 0 fully saturated rings. The summed E-state index contributed by atoms with van der Waals surface area (Å²) in [6, 6.07) is 13.6. The highest BCUT2D eigenvalue weighted by atomic mass is 31.2. The van der Waals surface area contributed by atoms with E-state index < -0.39 is 7.60 Å². The van der Waals surface area contributed by atoms with Gasteiger partial charge in [0.2, 0.25) is 0 Å². The van der Waals surface area contributed by atoms with E-state index in [1.807, 2.05) is 12.1 Å². The molecule has 0 spiro atoms. The van der Waals surface area contributed by atoms with Crippen molar-refractivity contribution in [3.8, 4) is 11.3 Å². The predicted octanol–water partition coefficient (Wildman–Crippen LogP) is 5.71. The Bertz CT molecular complexity index is 1090. The summed E-state index contributed by atoms with van der Waals surface area (Å²) >= 11 is 0. The Hall–Kier alpha value is -2.51. The summed E-state index contributed by atoms with van der Waals surface area (Å²) in [5, 5.41) is 6.32. The Morgan fingerprint density at radius 1 is 0.882 bits per heavy atom. The summed E-state index contributed by atoms with van der Waals surface area (Å²) in [6.07, 6.45) is 4.98. The van der Waals surface area contributed by atoms with Gasteiger partial charge in [0.25, 0.3) is 0 Å². The molecule has 0 aliphatic heterocycles. The van der Waals surface area contributed by atoms with E-state index in [0.29, 0.717) is 42.9 Å². The van der Waals surface area contributed by atoms with Crippen molar-refractivity contribution in [1.82, 2.24) is 5.32 Å². The van der Waals surface area contributed by atoms with Crippen molar-refractivity contribution in [2.24, 2.45) is 0 Å². The van der Waals surface area contributed by atoms with E-state index in [1.165, 1.54) is 12.1 Å². The van der Waals surface area contributed by atoms with Gasteiger partial charge in [-0.05, 0) is 68.1 Å². The summed E-state index contributed by atoms with van der Waals surface area (Å²) in [7, 11) is -4.02. The zero-order chi connectivity index (χ0) is 24.4. The number of rotatable bonds is 14. The second-order valence-electron chi connectivity index (χ2n) is 8.21. The van der Waals surface area contributed by atoms with Gasteiger partial charge in [0, 0.05) is 29.9 Å². The fourth-order valence-electron chi connectivity index (χ4n) is 3.71. The zero-order valence-corrected chi connectivity index (χ0v) is 19.9. The van der Waals surface area contributed by atoms with Gasteiger partial charge in [-0.1, -0.05) is 24.6 Å². The first-order chi connectivity index (χ1) is 16.3. The maximum atomic E-state index is 14.8. The SMILES string of the molecule is O=P(O)(O)CCCNCc1cc(-c2ccco2)c(NCCCCCc2ccccc2F)cc1F. The minimum Gasteiger partial charge on any atom is -0.464 e. The number of benzene rings is 2. The van der Waals surface area contributed by atoms with Crippen LogP contribution in [0.2, 0.25) is 0 Å². The fourth-order valence-corrected chi connectivity index (χ4v) is 4.28. The van der Waals surface area contributed by atoms with Crippen molar-refractivity contribution in [3.63, 3.8) is 0 Å². The molecule has 0 bridgehead atoms. The normalized spacial score (nSPS) is 11.6. The lowest BCUT2D eigenvalue weighted by atomic mass is 10.0. The van der Waals surface area contributed by atoms with Crippen molar-refractivity contribution in [2.75, 3.05) is 24.6 Å². The van der Waals surface area contributed by atoms with Gasteiger partial charge in [0.1, 0.15) is 17.4 Å². The molecule has 184 valence electrons. The van der Waals surface area contributed by atoms with Gasteiger partial charge in [0.15, 0.2) is 0 Å². The van der Waals surface area contributed by atoms with Crippen molar-refractivity contribution < 1.29 is 27.5 Å². The summed E-state index contributed by atoms with van der Waals surface area (Å²) in [5.41, 5.74) is 2.54. The van der Waals surface area contributed by atoms with E-state index >= 15 is 0 Å². The smallest absolute Gasteiger partial charge is 0.325 e. The molecule has 34 heavy (non-hydrogen) atoms. The minimum absolute atomic E-state index is 0.171. The van der Waals surface area contributed by atoms with Gasteiger partial charge in [-0.2, -0.15) is 0 Å². The topological polar surface area (TPSA) is 94.7 Å². The summed E-state index contributed by atoms with van der Waals surface area (Å²) in [6.45, 7) is 1.24. The molecule has 0 unspecified atom stereocenters. The summed E-state index contributed by atoms with van der Waals surface area (Å²) in [5.74, 6) is 0.0696. The summed E-state index contributed by atoms with van der Waals surface area (Å²) in [4.78, 5) is 17.8. The average molecular weight is 493 g/mol. The van der Waals surface area contributed by atoms with Gasteiger partial charge in [-0.15, -0.1) is 0 Å². The highest BCUT2D eigenvalue weighted by molar-refractivity contribution is 7.51. The Kier molecular flexibility index (Phi) is 9.84. The second-order valence-corrected chi connectivity index (χ2v) is 9.99. The van der Waals surface area contributed by atoms with Crippen LogP contribution < -0.4 is 10.6 Å². The van der Waals surface area contributed by atoms with E-state index in [2.05, 4.69) is 10.6 Å². The lowest BCUT2D eigenvalue weighted by Gasteiger charge is -2.14. The maximum Gasteiger partial charge on any atom is 0.325 e. The molecule has 0 atom stereocenters. The molecular formula is C25H31F2N2O4P. The number of aryl methyl sites for hydroxylation is 1. The molecule has 1 aromatic heterocycles. The number of nitrogens with one attached hydrogen (secondary N) is 2. The number of anilines is 1. The molecule has 2 aromatic carbocycles. The van der Waals surface area contributed by atoms with Crippen molar-refractivity contribution in [2.45, 2.75) is 38.6 Å². The van der Waals surface area contributed by atoms with E-state index in [9.17, 15) is 13.3 Å². The monoisotopic (exact) mass is 492 g/mol. The van der Waals surface area contributed by atoms with Crippen LogP contribution in [-0.4, -0.2) is 29.0 Å².